The highest BCUT2D eigenvalue weighted by Crippen LogP contribution is 2.41. The molecule has 3 aromatic carbocycles. The van der Waals surface area contributed by atoms with E-state index in [1.807, 2.05) is 67.6 Å². The van der Waals surface area contributed by atoms with Crippen LogP contribution in [0, 0.1) is 6.92 Å². The largest absolute Gasteiger partial charge is 0.493 e. The quantitative estimate of drug-likeness (QED) is 0.219. The topological polar surface area (TPSA) is 69.0 Å². The number of fused-ring (bicyclic) bond motifs is 2. The Balaban J connectivity index is 1.58. The van der Waals surface area contributed by atoms with Gasteiger partial charge in [-0.1, -0.05) is 74.2 Å². The normalized spacial score (nSPS) is 14.7. The smallest absolute Gasteiger partial charge is 0.291 e. The molecule has 0 bridgehead atoms. The van der Waals surface area contributed by atoms with E-state index in [1.54, 1.807) is 18.1 Å². The molecule has 196 valence electrons. The first-order chi connectivity index (χ1) is 18.5. The number of carbonyl (C=O) groups is 1. The average molecular weight is 512 g/mol. The summed E-state index contributed by atoms with van der Waals surface area (Å²) in [5.74, 6) is 1.01. The van der Waals surface area contributed by atoms with Crippen LogP contribution < -0.4 is 14.9 Å². The van der Waals surface area contributed by atoms with Crippen molar-refractivity contribution in [2.24, 2.45) is 0 Å². The Bertz CT molecular complexity index is 1510. The van der Waals surface area contributed by atoms with Crippen molar-refractivity contribution in [3.8, 4) is 11.5 Å². The second-order valence-electron chi connectivity index (χ2n) is 9.81. The number of amides is 1. The molecule has 0 fully saturated rings. The lowest BCUT2D eigenvalue weighted by molar-refractivity contribution is 0.0714. The van der Waals surface area contributed by atoms with E-state index in [0.29, 0.717) is 41.2 Å². The fourth-order valence-electron chi connectivity index (χ4n) is 5.11. The van der Waals surface area contributed by atoms with Crippen molar-refractivity contribution in [2.75, 3.05) is 13.7 Å². The molecule has 6 heteroatoms. The molecular weight excluding hydrogens is 478 g/mol. The van der Waals surface area contributed by atoms with Gasteiger partial charge in [-0.05, 0) is 48.7 Å². The van der Waals surface area contributed by atoms with Crippen LogP contribution in [0.2, 0.25) is 0 Å². The molecule has 0 spiro atoms. The molecule has 0 radical (unpaired) electrons. The summed E-state index contributed by atoms with van der Waals surface area (Å²) in [5, 5.41) is 0.474. The summed E-state index contributed by atoms with van der Waals surface area (Å²) >= 11 is 0. The standard InChI is InChI=1S/C32H33NO5/c1-4-5-6-10-17-37-26-16-14-23(19-27(26)36-3)29-28-30(34)24-18-21(2)13-15-25(24)38-31(28)32(35)33(29)20-22-11-8-7-9-12-22/h7-9,11-16,18-19,29H,4-6,10,17,20H2,1-3H3. The van der Waals surface area contributed by atoms with Crippen molar-refractivity contribution in [3.05, 3.63) is 105 Å². The third-order valence-electron chi connectivity index (χ3n) is 7.08. The molecule has 2 heterocycles. The molecule has 1 amide bonds. The van der Waals surface area contributed by atoms with Crippen LogP contribution in [0.5, 0.6) is 11.5 Å². The van der Waals surface area contributed by atoms with E-state index in [4.69, 9.17) is 13.9 Å². The summed E-state index contributed by atoms with van der Waals surface area (Å²) in [6.45, 7) is 5.05. The molecule has 1 aliphatic heterocycles. The lowest BCUT2D eigenvalue weighted by Gasteiger charge is -2.26. The number of aryl methyl sites for hydroxylation is 1. The highest BCUT2D eigenvalue weighted by Gasteiger charge is 2.43. The van der Waals surface area contributed by atoms with E-state index in [1.165, 1.54) is 12.8 Å². The minimum Gasteiger partial charge on any atom is -0.493 e. The van der Waals surface area contributed by atoms with E-state index in [-0.39, 0.29) is 17.1 Å². The Labute approximate surface area is 222 Å². The van der Waals surface area contributed by atoms with Gasteiger partial charge in [-0.15, -0.1) is 0 Å². The van der Waals surface area contributed by atoms with Crippen LogP contribution in [0.1, 0.15) is 71.5 Å². The van der Waals surface area contributed by atoms with Gasteiger partial charge in [0.05, 0.1) is 30.7 Å². The molecule has 5 rings (SSSR count). The summed E-state index contributed by atoms with van der Waals surface area (Å²) in [4.78, 5) is 29.3. The monoisotopic (exact) mass is 511 g/mol. The fraction of sp³-hybridized carbons (Fsp3) is 0.312. The van der Waals surface area contributed by atoms with Gasteiger partial charge < -0.3 is 18.8 Å². The number of carbonyl (C=O) groups excluding carboxylic acids is 1. The van der Waals surface area contributed by atoms with E-state index in [2.05, 4.69) is 6.92 Å². The molecule has 0 saturated carbocycles. The minimum atomic E-state index is -0.619. The van der Waals surface area contributed by atoms with Crippen LogP contribution >= 0.6 is 0 Å². The first-order valence-electron chi connectivity index (χ1n) is 13.2. The third kappa shape index (κ3) is 4.91. The number of unbranched alkanes of at least 4 members (excludes halogenated alkanes) is 3. The molecule has 6 nitrogen and oxygen atoms in total. The number of benzene rings is 3. The zero-order valence-corrected chi connectivity index (χ0v) is 22.2. The number of nitrogens with zero attached hydrogens (tertiary/aromatic N) is 1. The maximum Gasteiger partial charge on any atom is 0.291 e. The van der Waals surface area contributed by atoms with Crippen LogP contribution in [0.25, 0.3) is 11.0 Å². The predicted octanol–water partition coefficient (Wildman–Crippen LogP) is 6.81. The molecule has 1 unspecified atom stereocenters. The predicted molar refractivity (Wildman–Crippen MR) is 148 cm³/mol. The summed E-state index contributed by atoms with van der Waals surface area (Å²) < 4.78 is 17.8. The summed E-state index contributed by atoms with van der Waals surface area (Å²) in [5.41, 5.74) is 3.27. The van der Waals surface area contributed by atoms with Crippen molar-refractivity contribution in [1.82, 2.24) is 4.90 Å². The fourth-order valence-corrected chi connectivity index (χ4v) is 5.11. The third-order valence-corrected chi connectivity index (χ3v) is 7.08. The van der Waals surface area contributed by atoms with E-state index < -0.39 is 6.04 Å². The average Bonchev–Trinajstić information content (AvgIpc) is 3.21. The Kier molecular flexibility index (Phi) is 7.50. The molecule has 0 aliphatic carbocycles. The summed E-state index contributed by atoms with van der Waals surface area (Å²) in [6.07, 6.45) is 4.45. The maximum absolute atomic E-state index is 13.9. The number of rotatable bonds is 10. The molecule has 0 saturated heterocycles. The van der Waals surface area contributed by atoms with Gasteiger partial charge in [0.25, 0.3) is 5.91 Å². The second kappa shape index (κ2) is 11.1. The number of hydrogen-bond donors (Lipinski definition) is 0. The van der Waals surface area contributed by atoms with Crippen molar-refractivity contribution in [1.29, 1.82) is 0 Å². The van der Waals surface area contributed by atoms with Gasteiger partial charge in [0.1, 0.15) is 5.58 Å². The molecule has 1 atom stereocenters. The van der Waals surface area contributed by atoms with Gasteiger partial charge in [0, 0.05) is 6.54 Å². The molecule has 38 heavy (non-hydrogen) atoms. The van der Waals surface area contributed by atoms with Crippen molar-refractivity contribution in [2.45, 2.75) is 52.1 Å². The Hall–Kier alpha value is -4.06. The number of hydrogen-bond acceptors (Lipinski definition) is 5. The molecule has 1 aromatic heterocycles. The van der Waals surface area contributed by atoms with E-state index in [0.717, 1.165) is 29.5 Å². The maximum atomic E-state index is 13.9. The van der Waals surface area contributed by atoms with Crippen LogP contribution in [0.15, 0.2) is 75.9 Å². The van der Waals surface area contributed by atoms with Gasteiger partial charge in [-0.25, -0.2) is 0 Å². The van der Waals surface area contributed by atoms with Crippen molar-refractivity contribution < 1.29 is 18.7 Å². The van der Waals surface area contributed by atoms with Gasteiger partial charge in [0.15, 0.2) is 16.9 Å². The first-order valence-corrected chi connectivity index (χ1v) is 13.2. The lowest BCUT2D eigenvalue weighted by Crippen LogP contribution is -2.29. The SMILES string of the molecule is CCCCCCOc1ccc(C2c3c(oc4ccc(C)cc4c3=O)C(=O)N2Cc2ccccc2)cc1OC. The Morgan fingerprint density at radius 1 is 0.921 bits per heavy atom. The number of methoxy groups -OCH3 is 1. The Morgan fingerprint density at radius 2 is 1.74 bits per heavy atom. The van der Waals surface area contributed by atoms with E-state index in [9.17, 15) is 9.59 Å². The van der Waals surface area contributed by atoms with Crippen LogP contribution in [0.4, 0.5) is 0 Å². The highest BCUT2D eigenvalue weighted by molar-refractivity contribution is 5.99. The molecule has 4 aromatic rings. The first kappa shape index (κ1) is 25.6. The molecular formula is C32H33NO5. The van der Waals surface area contributed by atoms with Crippen LogP contribution in [-0.2, 0) is 6.54 Å². The summed E-state index contributed by atoms with van der Waals surface area (Å²) in [6, 6.07) is 20.2. The van der Waals surface area contributed by atoms with Crippen LogP contribution in [-0.4, -0.2) is 24.5 Å². The zero-order chi connectivity index (χ0) is 26.6. The number of ether oxygens (including phenoxy) is 2. The molecule has 0 N–H and O–H groups in total. The van der Waals surface area contributed by atoms with Gasteiger partial charge in [-0.3, -0.25) is 9.59 Å². The van der Waals surface area contributed by atoms with Gasteiger partial charge in [-0.2, -0.15) is 0 Å². The second-order valence-corrected chi connectivity index (χ2v) is 9.81. The van der Waals surface area contributed by atoms with Gasteiger partial charge >= 0.3 is 0 Å². The summed E-state index contributed by atoms with van der Waals surface area (Å²) in [7, 11) is 1.60. The van der Waals surface area contributed by atoms with E-state index >= 15 is 0 Å². The zero-order valence-electron chi connectivity index (χ0n) is 22.2. The highest BCUT2D eigenvalue weighted by atomic mass is 16.5. The molecule has 1 aliphatic rings. The van der Waals surface area contributed by atoms with Crippen molar-refractivity contribution >= 4 is 16.9 Å². The lowest BCUT2D eigenvalue weighted by atomic mass is 9.97. The Morgan fingerprint density at radius 3 is 2.50 bits per heavy atom. The van der Waals surface area contributed by atoms with Gasteiger partial charge in [0.2, 0.25) is 5.76 Å². The van der Waals surface area contributed by atoms with Crippen LogP contribution in [0.3, 0.4) is 0 Å². The minimum absolute atomic E-state index is 0.0995. The van der Waals surface area contributed by atoms with Crippen molar-refractivity contribution in [3.63, 3.8) is 0 Å².